The van der Waals surface area contributed by atoms with Crippen LogP contribution in [0.2, 0.25) is 0 Å². The van der Waals surface area contributed by atoms with E-state index in [1.165, 1.54) is 0 Å². The van der Waals surface area contributed by atoms with Gasteiger partial charge >= 0.3 is 6.03 Å². The number of hydrogen-bond acceptors (Lipinski definition) is 1. The van der Waals surface area contributed by atoms with E-state index in [0.29, 0.717) is 6.54 Å². The van der Waals surface area contributed by atoms with Crippen LogP contribution in [0.25, 0.3) is 0 Å². The Morgan fingerprint density at radius 1 is 1.56 bits per heavy atom. The van der Waals surface area contributed by atoms with Crippen LogP contribution in [0.5, 0.6) is 0 Å². The first-order valence-corrected chi connectivity index (χ1v) is 3.01. The normalized spacial score (nSPS) is 15.3. The number of amides is 2. The molecule has 0 aromatic heterocycles. The van der Waals surface area contributed by atoms with Crippen LogP contribution in [0, 0.1) is 0 Å². The Bertz CT molecular complexity index is 106. The van der Waals surface area contributed by atoms with Gasteiger partial charge in [0.25, 0.3) is 0 Å². The summed E-state index contributed by atoms with van der Waals surface area (Å²) >= 11 is 0. The average Bonchev–Trinajstić information content (AvgIpc) is 2.20. The zero-order chi connectivity index (χ0) is 7.28. The summed E-state index contributed by atoms with van der Waals surface area (Å²) in [6.45, 7) is 8.08. The smallest absolute Gasteiger partial charge is 0.319 e. The van der Waals surface area contributed by atoms with Gasteiger partial charge in [-0.1, -0.05) is 20.4 Å². The van der Waals surface area contributed by atoms with Crippen LogP contribution in [0.15, 0.2) is 12.3 Å². The molecule has 0 aromatic carbocycles. The highest BCUT2D eigenvalue weighted by atomic mass is 16.2. The van der Waals surface area contributed by atoms with E-state index in [4.69, 9.17) is 0 Å². The molecule has 1 fully saturated rings. The maximum atomic E-state index is 10.2. The highest BCUT2D eigenvalue weighted by Crippen LogP contribution is 1.86. The maximum Gasteiger partial charge on any atom is 0.319 e. The van der Waals surface area contributed by atoms with Gasteiger partial charge in [-0.05, 0) is 0 Å². The zero-order valence-corrected chi connectivity index (χ0v) is 5.82. The molecule has 0 radical (unpaired) electrons. The van der Waals surface area contributed by atoms with Crippen molar-refractivity contribution in [3.8, 4) is 0 Å². The molecule has 0 aromatic rings. The van der Waals surface area contributed by atoms with Crippen LogP contribution in [-0.4, -0.2) is 12.6 Å². The molecule has 0 atom stereocenters. The minimum Gasteiger partial charge on any atom is -0.332 e. The van der Waals surface area contributed by atoms with Crippen LogP contribution in [0.3, 0.4) is 0 Å². The summed E-state index contributed by atoms with van der Waals surface area (Å²) in [6.07, 6.45) is 0. The van der Waals surface area contributed by atoms with Gasteiger partial charge in [-0.15, -0.1) is 0 Å². The van der Waals surface area contributed by atoms with E-state index in [2.05, 4.69) is 17.2 Å². The topological polar surface area (TPSA) is 41.1 Å². The van der Waals surface area contributed by atoms with Crippen LogP contribution < -0.4 is 10.6 Å². The van der Waals surface area contributed by atoms with Crippen molar-refractivity contribution in [1.29, 1.82) is 0 Å². The molecule has 1 rings (SSSR count). The van der Waals surface area contributed by atoms with Crippen molar-refractivity contribution in [2.45, 2.75) is 13.8 Å². The van der Waals surface area contributed by atoms with E-state index in [0.717, 1.165) is 5.70 Å². The van der Waals surface area contributed by atoms with Gasteiger partial charge < -0.3 is 10.6 Å². The van der Waals surface area contributed by atoms with Crippen molar-refractivity contribution >= 4 is 6.03 Å². The average molecular weight is 128 g/mol. The molecule has 2 N–H and O–H groups in total. The van der Waals surface area contributed by atoms with Crippen molar-refractivity contribution in [3.63, 3.8) is 0 Å². The van der Waals surface area contributed by atoms with E-state index in [9.17, 15) is 4.79 Å². The SMILES string of the molecule is C=C1CNC(=O)N1.CC. The highest BCUT2D eigenvalue weighted by molar-refractivity contribution is 5.78. The first kappa shape index (κ1) is 8.01. The van der Waals surface area contributed by atoms with Crippen molar-refractivity contribution in [1.82, 2.24) is 10.6 Å². The van der Waals surface area contributed by atoms with E-state index in [1.807, 2.05) is 13.8 Å². The van der Waals surface area contributed by atoms with Gasteiger partial charge in [-0.3, -0.25) is 0 Å². The van der Waals surface area contributed by atoms with Crippen molar-refractivity contribution in [3.05, 3.63) is 12.3 Å². The van der Waals surface area contributed by atoms with Crippen molar-refractivity contribution in [2.75, 3.05) is 6.54 Å². The Labute approximate surface area is 55.1 Å². The molecule has 1 aliphatic rings. The summed E-state index contributed by atoms with van der Waals surface area (Å²) in [5.41, 5.74) is 0.741. The second kappa shape index (κ2) is 3.95. The Kier molecular flexibility index (Phi) is 3.51. The molecular formula is C6H12N2O. The molecule has 0 bridgehead atoms. The monoisotopic (exact) mass is 128 g/mol. The lowest BCUT2D eigenvalue weighted by Crippen LogP contribution is -2.19. The molecule has 2 amide bonds. The third kappa shape index (κ3) is 2.74. The van der Waals surface area contributed by atoms with Crippen molar-refractivity contribution in [2.24, 2.45) is 0 Å². The Balaban J connectivity index is 0.000000291. The second-order valence-electron chi connectivity index (χ2n) is 1.41. The van der Waals surface area contributed by atoms with E-state index in [-0.39, 0.29) is 6.03 Å². The second-order valence-corrected chi connectivity index (χ2v) is 1.41. The summed E-state index contributed by atoms with van der Waals surface area (Å²) < 4.78 is 0. The number of carbonyl (C=O) groups excluding carboxylic acids is 1. The molecular weight excluding hydrogens is 116 g/mol. The minimum absolute atomic E-state index is 0.148. The largest absolute Gasteiger partial charge is 0.332 e. The molecule has 0 saturated carbocycles. The van der Waals surface area contributed by atoms with E-state index >= 15 is 0 Å². The summed E-state index contributed by atoms with van der Waals surface area (Å²) in [6, 6.07) is -0.148. The molecule has 3 heteroatoms. The van der Waals surface area contributed by atoms with Gasteiger partial charge in [0, 0.05) is 5.70 Å². The summed E-state index contributed by atoms with van der Waals surface area (Å²) in [4.78, 5) is 10.2. The van der Waals surface area contributed by atoms with Gasteiger partial charge in [-0.2, -0.15) is 0 Å². The third-order valence-electron chi connectivity index (χ3n) is 0.753. The molecule has 52 valence electrons. The van der Waals surface area contributed by atoms with Gasteiger partial charge in [0.1, 0.15) is 0 Å². The van der Waals surface area contributed by atoms with Gasteiger partial charge in [0.2, 0.25) is 0 Å². The van der Waals surface area contributed by atoms with Crippen LogP contribution in [-0.2, 0) is 0 Å². The molecule has 1 aliphatic heterocycles. The van der Waals surface area contributed by atoms with Gasteiger partial charge in [0.05, 0.1) is 6.54 Å². The fraction of sp³-hybridized carbons (Fsp3) is 0.500. The van der Waals surface area contributed by atoms with Crippen molar-refractivity contribution < 1.29 is 4.79 Å². The maximum absolute atomic E-state index is 10.2. The first-order chi connectivity index (χ1) is 4.29. The number of carbonyl (C=O) groups is 1. The van der Waals surface area contributed by atoms with E-state index in [1.54, 1.807) is 0 Å². The number of nitrogens with one attached hydrogen (secondary N) is 2. The number of urea groups is 1. The Morgan fingerprint density at radius 3 is 2.22 bits per heavy atom. The fourth-order valence-electron chi connectivity index (χ4n) is 0.436. The van der Waals surface area contributed by atoms with Crippen LogP contribution in [0.4, 0.5) is 4.79 Å². The molecule has 1 heterocycles. The summed E-state index contributed by atoms with van der Waals surface area (Å²) in [5.74, 6) is 0. The quantitative estimate of drug-likeness (QED) is 0.498. The molecule has 1 saturated heterocycles. The first-order valence-electron chi connectivity index (χ1n) is 3.01. The standard InChI is InChI=1S/C4H6N2O.C2H6/c1-3-2-5-4(7)6-3;1-2/h1-2H2,(H2,5,6,7);1-2H3. The minimum atomic E-state index is -0.148. The number of hydrogen-bond donors (Lipinski definition) is 2. The molecule has 9 heavy (non-hydrogen) atoms. The predicted molar refractivity (Wildman–Crippen MR) is 37.0 cm³/mol. The van der Waals surface area contributed by atoms with E-state index < -0.39 is 0 Å². The summed E-state index contributed by atoms with van der Waals surface area (Å²) in [5, 5.41) is 4.99. The van der Waals surface area contributed by atoms with Gasteiger partial charge in [0.15, 0.2) is 0 Å². The molecule has 0 unspecified atom stereocenters. The lowest BCUT2D eigenvalue weighted by molar-refractivity contribution is 0.249. The highest BCUT2D eigenvalue weighted by Gasteiger charge is 2.08. The number of rotatable bonds is 0. The van der Waals surface area contributed by atoms with Gasteiger partial charge in [-0.25, -0.2) is 4.79 Å². The fourth-order valence-corrected chi connectivity index (χ4v) is 0.436. The summed E-state index contributed by atoms with van der Waals surface area (Å²) in [7, 11) is 0. The third-order valence-corrected chi connectivity index (χ3v) is 0.753. The zero-order valence-electron chi connectivity index (χ0n) is 5.82. The Hall–Kier alpha value is -0.990. The lowest BCUT2D eigenvalue weighted by atomic mass is 10.5. The predicted octanol–water partition coefficient (Wildman–Crippen LogP) is 0.839. The Morgan fingerprint density at radius 2 is 2.11 bits per heavy atom. The van der Waals surface area contributed by atoms with Crippen LogP contribution in [0.1, 0.15) is 13.8 Å². The molecule has 3 nitrogen and oxygen atoms in total. The lowest BCUT2D eigenvalue weighted by Gasteiger charge is -1.83. The molecule has 0 spiro atoms. The van der Waals surface area contributed by atoms with Crippen LogP contribution >= 0.6 is 0 Å². The molecule has 0 aliphatic carbocycles.